The van der Waals surface area contributed by atoms with Crippen molar-refractivity contribution in [2.24, 2.45) is 0 Å². The molecule has 1 fully saturated rings. The molecule has 0 aliphatic heterocycles. The Labute approximate surface area is 173 Å². The summed E-state index contributed by atoms with van der Waals surface area (Å²) in [5.74, 6) is 1.02. The van der Waals surface area contributed by atoms with E-state index in [1.54, 1.807) is 6.20 Å². The molecule has 8 nitrogen and oxygen atoms in total. The lowest BCUT2D eigenvalue weighted by Crippen LogP contribution is -2.20. The molecule has 3 aromatic rings. The molecule has 1 saturated carbocycles. The molecule has 3 aromatic heterocycles. The van der Waals surface area contributed by atoms with Crippen molar-refractivity contribution in [3.8, 4) is 5.88 Å². The molecular formula is C17H21IN6O2S. The van der Waals surface area contributed by atoms with E-state index >= 15 is 0 Å². The van der Waals surface area contributed by atoms with Crippen LogP contribution in [0.4, 0.5) is 11.6 Å². The van der Waals surface area contributed by atoms with Gasteiger partial charge in [-0.05, 0) is 39.2 Å². The molecule has 0 aromatic carbocycles. The van der Waals surface area contributed by atoms with Crippen LogP contribution in [0.15, 0.2) is 18.5 Å². The first-order chi connectivity index (χ1) is 13.1. The SMILES string of the molecule is CCOc1nc(Nc2cnn(C3CCCC3O)c2C)nc2c1ccn2SI. The lowest BCUT2D eigenvalue weighted by atomic mass is 10.2. The molecule has 2 unspecified atom stereocenters. The fraction of sp³-hybridized carbons (Fsp3) is 0.471. The minimum atomic E-state index is -0.336. The maximum absolute atomic E-state index is 10.2. The first-order valence-electron chi connectivity index (χ1n) is 8.92. The Balaban J connectivity index is 1.68. The van der Waals surface area contributed by atoms with E-state index in [0.29, 0.717) is 18.4 Å². The Bertz CT molecular complexity index is 958. The van der Waals surface area contributed by atoms with Crippen LogP contribution in [0.3, 0.4) is 0 Å². The van der Waals surface area contributed by atoms with Crippen LogP contribution in [-0.4, -0.2) is 41.5 Å². The molecule has 0 radical (unpaired) electrons. The number of hydrogen-bond acceptors (Lipinski definition) is 7. The second-order valence-corrected chi connectivity index (χ2v) is 8.23. The zero-order chi connectivity index (χ0) is 19.0. The van der Waals surface area contributed by atoms with Gasteiger partial charge in [-0.2, -0.15) is 15.1 Å². The molecule has 1 aliphatic carbocycles. The Kier molecular flexibility index (Phi) is 5.46. The zero-order valence-corrected chi connectivity index (χ0v) is 18.1. The summed E-state index contributed by atoms with van der Waals surface area (Å²) in [5.41, 5.74) is 2.59. The summed E-state index contributed by atoms with van der Waals surface area (Å²) in [6, 6.07) is 2.00. The van der Waals surface area contributed by atoms with Gasteiger partial charge in [0, 0.05) is 36.5 Å². The zero-order valence-electron chi connectivity index (χ0n) is 15.1. The number of aromatic nitrogens is 5. The normalized spacial score (nSPS) is 19.7. The highest BCUT2D eigenvalue weighted by Gasteiger charge is 2.29. The number of rotatable bonds is 6. The van der Waals surface area contributed by atoms with Crippen LogP contribution < -0.4 is 10.1 Å². The van der Waals surface area contributed by atoms with Crippen molar-refractivity contribution in [1.82, 2.24) is 23.7 Å². The highest BCUT2D eigenvalue weighted by molar-refractivity contribution is 14.2. The standard InChI is InChI=1S/C17H21IN6O2S/c1-3-26-16-11-7-8-23(27-18)15(11)21-17(22-16)20-12-9-19-24(10(12)2)13-5-4-6-14(13)25/h7-9,13-14,25H,3-6H2,1-2H3,(H,20,21,22). The summed E-state index contributed by atoms with van der Waals surface area (Å²) in [4.78, 5) is 9.20. The number of fused-ring (bicyclic) bond motifs is 1. The van der Waals surface area contributed by atoms with Gasteiger partial charge in [-0.1, -0.05) is 0 Å². The maximum Gasteiger partial charge on any atom is 0.232 e. The molecule has 0 amide bonds. The van der Waals surface area contributed by atoms with Crippen molar-refractivity contribution in [2.75, 3.05) is 11.9 Å². The Hall–Kier alpha value is -1.53. The molecule has 10 heteroatoms. The second kappa shape index (κ2) is 7.84. The molecule has 2 N–H and O–H groups in total. The fourth-order valence-corrected chi connectivity index (χ4v) is 4.79. The van der Waals surface area contributed by atoms with Gasteiger partial charge in [-0.3, -0.25) is 8.65 Å². The summed E-state index contributed by atoms with van der Waals surface area (Å²) in [5, 5.41) is 18.8. The largest absolute Gasteiger partial charge is 0.477 e. The number of aliphatic hydroxyl groups excluding tert-OH is 1. The minimum Gasteiger partial charge on any atom is -0.477 e. The van der Waals surface area contributed by atoms with Gasteiger partial charge in [0.15, 0.2) is 5.65 Å². The van der Waals surface area contributed by atoms with Crippen LogP contribution in [0.1, 0.15) is 37.9 Å². The molecule has 1 aliphatic rings. The van der Waals surface area contributed by atoms with Gasteiger partial charge in [0.25, 0.3) is 0 Å². The quantitative estimate of drug-likeness (QED) is 0.495. The minimum absolute atomic E-state index is 0.0376. The summed E-state index contributed by atoms with van der Waals surface area (Å²) < 4.78 is 9.59. The van der Waals surface area contributed by atoms with Gasteiger partial charge in [0.05, 0.1) is 41.7 Å². The van der Waals surface area contributed by atoms with E-state index < -0.39 is 0 Å². The molecule has 0 bridgehead atoms. The van der Waals surface area contributed by atoms with Crippen LogP contribution in [0.2, 0.25) is 0 Å². The lowest BCUT2D eigenvalue weighted by Gasteiger charge is -2.17. The maximum atomic E-state index is 10.2. The number of hydrogen-bond donors (Lipinski definition) is 2. The number of ether oxygens (including phenoxy) is 1. The van der Waals surface area contributed by atoms with Gasteiger partial charge in [-0.15, -0.1) is 0 Å². The number of aliphatic hydroxyl groups is 1. The summed E-state index contributed by atoms with van der Waals surface area (Å²) in [7, 11) is 1.54. The lowest BCUT2D eigenvalue weighted by molar-refractivity contribution is 0.129. The molecule has 2 atom stereocenters. The topological polar surface area (TPSA) is 90.0 Å². The molecule has 0 spiro atoms. The van der Waals surface area contributed by atoms with Gasteiger partial charge < -0.3 is 15.2 Å². The van der Waals surface area contributed by atoms with Crippen LogP contribution >= 0.6 is 30.3 Å². The number of nitrogens with one attached hydrogen (secondary N) is 1. The van der Waals surface area contributed by atoms with Gasteiger partial charge >= 0.3 is 0 Å². The van der Waals surface area contributed by atoms with E-state index in [1.165, 1.54) is 9.12 Å². The Morgan fingerprint density at radius 2 is 2.26 bits per heavy atom. The fourth-order valence-electron chi connectivity index (χ4n) is 3.53. The molecule has 4 rings (SSSR count). The third-order valence-corrected chi connectivity index (χ3v) is 6.60. The van der Waals surface area contributed by atoms with E-state index in [9.17, 15) is 5.11 Å². The summed E-state index contributed by atoms with van der Waals surface area (Å²) >= 11 is 2.22. The second-order valence-electron chi connectivity index (χ2n) is 6.51. The predicted molar refractivity (Wildman–Crippen MR) is 115 cm³/mol. The Morgan fingerprint density at radius 1 is 1.41 bits per heavy atom. The number of halogens is 1. The van der Waals surface area contributed by atoms with Crippen molar-refractivity contribution in [2.45, 2.75) is 45.3 Å². The average Bonchev–Trinajstić information content (AvgIpc) is 3.35. The van der Waals surface area contributed by atoms with Crippen molar-refractivity contribution in [3.63, 3.8) is 0 Å². The van der Waals surface area contributed by atoms with Crippen molar-refractivity contribution in [1.29, 1.82) is 0 Å². The van der Waals surface area contributed by atoms with Crippen LogP contribution in [0.25, 0.3) is 11.0 Å². The average molecular weight is 500 g/mol. The van der Waals surface area contributed by atoms with Crippen molar-refractivity contribution >= 4 is 53.0 Å². The van der Waals surface area contributed by atoms with Crippen molar-refractivity contribution in [3.05, 3.63) is 24.2 Å². The van der Waals surface area contributed by atoms with Gasteiger partial charge in [0.1, 0.15) is 0 Å². The summed E-state index contributed by atoms with van der Waals surface area (Å²) in [6.45, 7) is 4.46. The molecule has 144 valence electrons. The van der Waals surface area contributed by atoms with E-state index in [1.807, 2.05) is 34.8 Å². The molecule has 27 heavy (non-hydrogen) atoms. The number of anilines is 2. The van der Waals surface area contributed by atoms with E-state index in [0.717, 1.165) is 41.7 Å². The van der Waals surface area contributed by atoms with Gasteiger partial charge in [-0.25, -0.2) is 0 Å². The first-order valence-corrected chi connectivity index (χ1v) is 12.2. The first kappa shape index (κ1) is 18.8. The third kappa shape index (κ3) is 3.49. The highest BCUT2D eigenvalue weighted by Crippen LogP contribution is 2.34. The number of nitrogens with zero attached hydrogens (tertiary/aromatic N) is 5. The monoisotopic (exact) mass is 500 g/mol. The van der Waals surface area contributed by atoms with E-state index in [4.69, 9.17) is 4.74 Å². The molecule has 3 heterocycles. The van der Waals surface area contributed by atoms with Crippen molar-refractivity contribution < 1.29 is 9.84 Å². The van der Waals surface area contributed by atoms with E-state index in [2.05, 4.69) is 41.6 Å². The third-order valence-electron chi connectivity index (χ3n) is 4.88. The predicted octanol–water partition coefficient (Wildman–Crippen LogP) is 4.01. The smallest absolute Gasteiger partial charge is 0.232 e. The van der Waals surface area contributed by atoms with Crippen LogP contribution in [-0.2, 0) is 0 Å². The highest BCUT2D eigenvalue weighted by atomic mass is 127. The molecular weight excluding hydrogens is 479 g/mol. The Morgan fingerprint density at radius 3 is 2.96 bits per heavy atom. The van der Waals surface area contributed by atoms with Crippen LogP contribution in [0.5, 0.6) is 5.88 Å². The summed E-state index contributed by atoms with van der Waals surface area (Å²) in [6.07, 6.45) is 6.18. The van der Waals surface area contributed by atoms with Crippen LogP contribution in [0, 0.1) is 6.92 Å². The van der Waals surface area contributed by atoms with Gasteiger partial charge in [0.2, 0.25) is 11.8 Å². The molecule has 0 saturated heterocycles. The van der Waals surface area contributed by atoms with E-state index in [-0.39, 0.29) is 12.1 Å².